The summed E-state index contributed by atoms with van der Waals surface area (Å²) in [6, 6.07) is 5.15. The number of hydrogen-bond donors (Lipinski definition) is 0. The molecule has 1 amide bonds. The van der Waals surface area contributed by atoms with E-state index in [0.29, 0.717) is 23.7 Å². The summed E-state index contributed by atoms with van der Waals surface area (Å²) in [6.07, 6.45) is 1.74. The summed E-state index contributed by atoms with van der Waals surface area (Å²) < 4.78 is 0. The lowest BCUT2D eigenvalue weighted by Gasteiger charge is -2.14. The number of nitrogens with zero attached hydrogens (tertiary/aromatic N) is 3. The maximum atomic E-state index is 11.7. The van der Waals surface area contributed by atoms with E-state index in [1.807, 2.05) is 6.07 Å². The van der Waals surface area contributed by atoms with Gasteiger partial charge >= 0.3 is 0 Å². The SMILES string of the molecule is CN(CCC#N)C(=O)c1ccc(Cl)cn1. The van der Waals surface area contributed by atoms with Gasteiger partial charge in [0.15, 0.2) is 0 Å². The number of carbonyl (C=O) groups excluding carboxylic acids is 1. The minimum absolute atomic E-state index is 0.207. The molecule has 1 aromatic heterocycles. The highest BCUT2D eigenvalue weighted by Crippen LogP contribution is 2.07. The molecule has 1 aromatic rings. The van der Waals surface area contributed by atoms with Crippen molar-refractivity contribution in [2.45, 2.75) is 6.42 Å². The third-order valence-electron chi connectivity index (χ3n) is 1.85. The molecule has 0 atom stereocenters. The molecule has 4 nitrogen and oxygen atoms in total. The highest BCUT2D eigenvalue weighted by Gasteiger charge is 2.11. The first-order valence-corrected chi connectivity index (χ1v) is 4.77. The van der Waals surface area contributed by atoms with Crippen LogP contribution in [0.4, 0.5) is 0 Å². The Kier molecular flexibility index (Phi) is 4.07. The van der Waals surface area contributed by atoms with E-state index in [2.05, 4.69) is 4.98 Å². The Bertz CT molecular complexity index is 383. The standard InChI is InChI=1S/C10H10ClN3O/c1-14(6-2-5-12)10(15)9-4-3-8(11)7-13-9/h3-4,7H,2,6H2,1H3. The van der Waals surface area contributed by atoms with E-state index in [1.165, 1.54) is 11.1 Å². The number of amides is 1. The lowest BCUT2D eigenvalue weighted by atomic mass is 10.3. The fraction of sp³-hybridized carbons (Fsp3) is 0.300. The van der Waals surface area contributed by atoms with Gasteiger partial charge in [-0.25, -0.2) is 4.98 Å². The second-order valence-corrected chi connectivity index (χ2v) is 3.43. The highest BCUT2D eigenvalue weighted by molar-refractivity contribution is 6.30. The molecule has 0 N–H and O–H groups in total. The van der Waals surface area contributed by atoms with Gasteiger partial charge in [0.25, 0.3) is 5.91 Å². The molecule has 0 fully saturated rings. The van der Waals surface area contributed by atoms with Gasteiger partial charge in [0.2, 0.25) is 0 Å². The second kappa shape index (κ2) is 5.32. The third-order valence-corrected chi connectivity index (χ3v) is 2.08. The van der Waals surface area contributed by atoms with Gasteiger partial charge in [-0.3, -0.25) is 4.79 Å². The van der Waals surface area contributed by atoms with E-state index in [4.69, 9.17) is 16.9 Å². The van der Waals surface area contributed by atoms with Gasteiger partial charge in [0, 0.05) is 19.8 Å². The number of aromatic nitrogens is 1. The lowest BCUT2D eigenvalue weighted by Crippen LogP contribution is -2.28. The van der Waals surface area contributed by atoms with Crippen LogP contribution in [-0.2, 0) is 0 Å². The molecular formula is C10H10ClN3O. The fourth-order valence-electron chi connectivity index (χ4n) is 1.02. The predicted molar refractivity (Wildman–Crippen MR) is 56.4 cm³/mol. The Morgan fingerprint density at radius 3 is 2.93 bits per heavy atom. The largest absolute Gasteiger partial charge is 0.339 e. The molecule has 0 bridgehead atoms. The molecule has 0 aliphatic carbocycles. The van der Waals surface area contributed by atoms with Crippen LogP contribution < -0.4 is 0 Å². The molecule has 0 spiro atoms. The number of rotatable bonds is 3. The summed E-state index contributed by atoms with van der Waals surface area (Å²) in [7, 11) is 1.63. The summed E-state index contributed by atoms with van der Waals surface area (Å²) in [5, 5.41) is 8.87. The second-order valence-electron chi connectivity index (χ2n) is 3.00. The monoisotopic (exact) mass is 223 g/mol. The van der Waals surface area contributed by atoms with Crippen molar-refractivity contribution < 1.29 is 4.79 Å². The first-order valence-electron chi connectivity index (χ1n) is 4.39. The van der Waals surface area contributed by atoms with E-state index in [9.17, 15) is 4.79 Å². The number of halogens is 1. The van der Waals surface area contributed by atoms with Crippen molar-refractivity contribution in [1.82, 2.24) is 9.88 Å². The molecule has 78 valence electrons. The Morgan fingerprint density at radius 1 is 1.67 bits per heavy atom. The molecule has 15 heavy (non-hydrogen) atoms. The zero-order chi connectivity index (χ0) is 11.3. The summed E-state index contributed by atoms with van der Waals surface area (Å²) in [5.41, 5.74) is 0.333. The summed E-state index contributed by atoms with van der Waals surface area (Å²) >= 11 is 5.65. The molecule has 0 unspecified atom stereocenters. The minimum atomic E-state index is -0.207. The Balaban J connectivity index is 2.68. The van der Waals surface area contributed by atoms with Gasteiger partial charge in [-0.2, -0.15) is 5.26 Å². The first-order chi connectivity index (χ1) is 7.15. The number of nitriles is 1. The van der Waals surface area contributed by atoms with Crippen LogP contribution >= 0.6 is 11.6 Å². The molecule has 0 aliphatic heterocycles. The number of carbonyl (C=O) groups is 1. The van der Waals surface area contributed by atoms with Gasteiger partial charge in [-0.05, 0) is 12.1 Å². The normalized spacial score (nSPS) is 9.40. The van der Waals surface area contributed by atoms with Crippen molar-refractivity contribution in [2.75, 3.05) is 13.6 Å². The highest BCUT2D eigenvalue weighted by atomic mass is 35.5. The zero-order valence-corrected chi connectivity index (χ0v) is 9.03. The van der Waals surface area contributed by atoms with Crippen molar-refractivity contribution in [3.63, 3.8) is 0 Å². The van der Waals surface area contributed by atoms with E-state index in [-0.39, 0.29) is 5.91 Å². The van der Waals surface area contributed by atoms with E-state index >= 15 is 0 Å². The molecule has 5 heteroatoms. The molecule has 1 heterocycles. The molecule has 1 rings (SSSR count). The van der Waals surface area contributed by atoms with E-state index in [0.717, 1.165) is 0 Å². The maximum absolute atomic E-state index is 11.7. The van der Waals surface area contributed by atoms with E-state index in [1.54, 1.807) is 19.2 Å². The van der Waals surface area contributed by atoms with Crippen LogP contribution in [0.2, 0.25) is 5.02 Å². The minimum Gasteiger partial charge on any atom is -0.339 e. The number of pyridine rings is 1. The van der Waals surface area contributed by atoms with Gasteiger partial charge in [-0.15, -0.1) is 0 Å². The Morgan fingerprint density at radius 2 is 2.40 bits per heavy atom. The van der Waals surface area contributed by atoms with Crippen molar-refractivity contribution >= 4 is 17.5 Å². The van der Waals surface area contributed by atoms with Crippen molar-refractivity contribution in [3.05, 3.63) is 29.0 Å². The maximum Gasteiger partial charge on any atom is 0.272 e. The summed E-state index contributed by atoms with van der Waals surface area (Å²) in [5.74, 6) is -0.207. The Labute approximate surface area is 93.1 Å². The van der Waals surface area contributed by atoms with Crippen LogP contribution in [0, 0.1) is 11.3 Å². The summed E-state index contributed by atoms with van der Waals surface area (Å²) in [6.45, 7) is 0.402. The van der Waals surface area contributed by atoms with E-state index < -0.39 is 0 Å². The lowest BCUT2D eigenvalue weighted by molar-refractivity contribution is 0.0792. The van der Waals surface area contributed by atoms with Crippen molar-refractivity contribution in [2.24, 2.45) is 0 Å². The number of hydrogen-bond acceptors (Lipinski definition) is 3. The van der Waals surface area contributed by atoms with Gasteiger partial charge in [0.1, 0.15) is 5.69 Å². The molecular weight excluding hydrogens is 214 g/mol. The van der Waals surface area contributed by atoms with Crippen molar-refractivity contribution in [3.8, 4) is 6.07 Å². The van der Waals surface area contributed by atoms with Crippen LogP contribution in [0.5, 0.6) is 0 Å². The first kappa shape index (κ1) is 11.5. The smallest absolute Gasteiger partial charge is 0.272 e. The average molecular weight is 224 g/mol. The Hall–Kier alpha value is -1.60. The van der Waals surface area contributed by atoms with Gasteiger partial charge in [0.05, 0.1) is 17.5 Å². The summed E-state index contributed by atoms with van der Waals surface area (Å²) in [4.78, 5) is 17.0. The van der Waals surface area contributed by atoms with Crippen molar-refractivity contribution in [1.29, 1.82) is 5.26 Å². The van der Waals surface area contributed by atoms with Gasteiger partial charge in [-0.1, -0.05) is 11.6 Å². The third kappa shape index (κ3) is 3.22. The predicted octanol–water partition coefficient (Wildman–Crippen LogP) is 1.72. The van der Waals surface area contributed by atoms with Crippen LogP contribution in [0.3, 0.4) is 0 Å². The topological polar surface area (TPSA) is 57.0 Å². The molecule has 0 aromatic carbocycles. The molecule has 0 saturated heterocycles. The molecule has 0 aliphatic rings. The van der Waals surface area contributed by atoms with Gasteiger partial charge < -0.3 is 4.90 Å². The molecule has 0 radical (unpaired) electrons. The van der Waals surface area contributed by atoms with Crippen LogP contribution in [0.25, 0.3) is 0 Å². The van der Waals surface area contributed by atoms with Crippen LogP contribution in [-0.4, -0.2) is 29.4 Å². The van der Waals surface area contributed by atoms with Crippen LogP contribution in [0.15, 0.2) is 18.3 Å². The van der Waals surface area contributed by atoms with Crippen LogP contribution in [0.1, 0.15) is 16.9 Å². The quantitative estimate of drug-likeness (QED) is 0.784. The average Bonchev–Trinajstić information content (AvgIpc) is 2.26. The fourth-order valence-corrected chi connectivity index (χ4v) is 1.13. The molecule has 0 saturated carbocycles. The zero-order valence-electron chi connectivity index (χ0n) is 8.27.